The monoisotopic (exact) mass is 245 g/mol. The van der Waals surface area contributed by atoms with E-state index in [1.54, 1.807) is 19.2 Å². The van der Waals surface area contributed by atoms with Crippen LogP contribution in [0, 0.1) is 0 Å². The molecule has 15 heavy (non-hydrogen) atoms. The van der Waals surface area contributed by atoms with Crippen molar-refractivity contribution in [1.82, 2.24) is 0 Å². The molecule has 1 aromatic carbocycles. The minimum atomic E-state index is -3.19. The average molecular weight is 245 g/mol. The third-order valence-corrected chi connectivity index (χ3v) is 3.37. The minimum absolute atomic E-state index is 0.228. The molecule has 0 aliphatic carbocycles. The Kier molecular flexibility index (Phi) is 3.41. The molecule has 0 N–H and O–H groups in total. The predicted octanol–water partition coefficient (Wildman–Crippen LogP) is 1.58. The van der Waals surface area contributed by atoms with E-state index in [1.165, 1.54) is 17.0 Å². The molecule has 0 atom stereocenters. The zero-order valence-corrected chi connectivity index (χ0v) is 10.0. The Bertz CT molecular complexity index is 465. The lowest BCUT2D eigenvalue weighted by Gasteiger charge is -2.13. The van der Waals surface area contributed by atoms with Gasteiger partial charge < -0.3 is 4.90 Å². The summed E-state index contributed by atoms with van der Waals surface area (Å²) in [5.74, 6) is 0. The molecule has 0 heterocycles. The van der Waals surface area contributed by atoms with Crippen LogP contribution in [0.2, 0.25) is 0 Å². The van der Waals surface area contributed by atoms with Crippen LogP contribution in [-0.4, -0.2) is 27.0 Å². The Labute approximate surface area is 94.2 Å². The van der Waals surface area contributed by atoms with E-state index in [9.17, 15) is 13.2 Å². The molecule has 0 aromatic heterocycles. The highest BCUT2D eigenvalue weighted by Crippen LogP contribution is 2.17. The predicted molar refractivity (Wildman–Crippen MR) is 62.3 cm³/mol. The van der Waals surface area contributed by atoms with Crippen molar-refractivity contribution < 1.29 is 13.2 Å². The number of hydrogen-bond acceptors (Lipinski definition) is 3. The van der Waals surface area contributed by atoms with Crippen molar-refractivity contribution in [3.8, 4) is 0 Å². The fourth-order valence-electron chi connectivity index (χ4n) is 1.03. The van der Waals surface area contributed by atoms with Gasteiger partial charge in [-0.25, -0.2) is 8.42 Å². The van der Waals surface area contributed by atoms with Crippen molar-refractivity contribution in [3.05, 3.63) is 24.3 Å². The minimum Gasteiger partial charge on any atom is -0.307 e. The van der Waals surface area contributed by atoms with E-state index < -0.39 is 15.1 Å². The van der Waals surface area contributed by atoms with Crippen LogP contribution in [0.1, 0.15) is 0 Å². The summed E-state index contributed by atoms with van der Waals surface area (Å²) in [5, 5.41) is -0.401. The molecule has 6 heteroatoms. The van der Waals surface area contributed by atoms with Gasteiger partial charge in [-0.1, -0.05) is 12.6 Å². The third-order valence-electron chi connectivity index (χ3n) is 1.94. The molecular formula is C9H11NO3S2. The second-order valence-corrected chi connectivity index (χ2v) is 5.51. The molecule has 0 bridgehead atoms. The molecular weight excluding hydrogens is 234 g/mol. The summed E-state index contributed by atoms with van der Waals surface area (Å²) < 4.78 is 22.3. The number of thiol groups is 1. The first-order valence-corrected chi connectivity index (χ1v) is 6.43. The number of benzene rings is 1. The Hall–Kier alpha value is -1.01. The van der Waals surface area contributed by atoms with Crippen LogP contribution < -0.4 is 4.90 Å². The van der Waals surface area contributed by atoms with Crippen LogP contribution in [0.15, 0.2) is 29.2 Å². The summed E-state index contributed by atoms with van der Waals surface area (Å²) in [6.07, 6.45) is 1.13. The van der Waals surface area contributed by atoms with Gasteiger partial charge in [-0.2, -0.15) is 0 Å². The van der Waals surface area contributed by atoms with E-state index in [0.717, 1.165) is 6.26 Å². The third kappa shape index (κ3) is 2.97. The molecule has 0 fully saturated rings. The van der Waals surface area contributed by atoms with Crippen LogP contribution in [0.25, 0.3) is 0 Å². The Morgan fingerprint density at radius 2 is 1.73 bits per heavy atom. The first kappa shape index (κ1) is 12.1. The summed E-state index contributed by atoms with van der Waals surface area (Å²) in [6.45, 7) is 0. The van der Waals surface area contributed by atoms with Gasteiger partial charge in [-0.05, 0) is 24.3 Å². The second-order valence-electron chi connectivity index (χ2n) is 3.11. The number of rotatable bonds is 2. The highest BCUT2D eigenvalue weighted by molar-refractivity contribution is 7.96. The fourth-order valence-corrected chi connectivity index (χ4v) is 1.77. The standard InChI is InChI=1S/C9H11NO3S2/c1-10(9(11)14)7-3-5-8(6-4-7)15(2,12)13/h3-6H,1-2H3,(H,11,14). The maximum atomic E-state index is 11.2. The molecule has 1 amide bonds. The Morgan fingerprint density at radius 1 is 1.27 bits per heavy atom. The van der Waals surface area contributed by atoms with E-state index in [-0.39, 0.29) is 4.90 Å². The van der Waals surface area contributed by atoms with Gasteiger partial charge >= 0.3 is 0 Å². The molecule has 0 spiro atoms. The molecule has 0 unspecified atom stereocenters. The van der Waals surface area contributed by atoms with Crippen LogP contribution in [0.4, 0.5) is 10.5 Å². The Balaban J connectivity index is 3.06. The largest absolute Gasteiger partial charge is 0.307 e. The van der Waals surface area contributed by atoms with Gasteiger partial charge in [0.25, 0.3) is 5.24 Å². The van der Waals surface area contributed by atoms with Crippen LogP contribution >= 0.6 is 12.6 Å². The fraction of sp³-hybridized carbons (Fsp3) is 0.222. The average Bonchev–Trinajstić information content (AvgIpc) is 2.15. The maximum absolute atomic E-state index is 11.2. The maximum Gasteiger partial charge on any atom is 0.282 e. The zero-order chi connectivity index (χ0) is 11.6. The van der Waals surface area contributed by atoms with E-state index >= 15 is 0 Å². The first-order valence-electron chi connectivity index (χ1n) is 4.09. The number of carbonyl (C=O) groups excluding carboxylic acids is 1. The van der Waals surface area contributed by atoms with E-state index in [2.05, 4.69) is 12.6 Å². The lowest BCUT2D eigenvalue weighted by atomic mass is 10.3. The summed E-state index contributed by atoms with van der Waals surface area (Å²) >= 11 is 3.66. The van der Waals surface area contributed by atoms with Gasteiger partial charge in [0.15, 0.2) is 9.84 Å². The molecule has 0 aliphatic heterocycles. The molecule has 0 saturated carbocycles. The highest BCUT2D eigenvalue weighted by atomic mass is 32.2. The number of amides is 1. The topological polar surface area (TPSA) is 54.5 Å². The summed E-state index contributed by atoms with van der Waals surface area (Å²) in [7, 11) is -1.63. The summed E-state index contributed by atoms with van der Waals surface area (Å²) in [5.41, 5.74) is 0.599. The van der Waals surface area contributed by atoms with E-state index in [1.807, 2.05) is 0 Å². The number of hydrogen-bond donors (Lipinski definition) is 1. The van der Waals surface area contributed by atoms with Crippen molar-refractivity contribution in [2.75, 3.05) is 18.2 Å². The van der Waals surface area contributed by atoms with Gasteiger partial charge in [0.05, 0.1) is 4.90 Å². The highest BCUT2D eigenvalue weighted by Gasteiger charge is 2.09. The van der Waals surface area contributed by atoms with Crippen molar-refractivity contribution in [3.63, 3.8) is 0 Å². The van der Waals surface area contributed by atoms with Gasteiger partial charge in [0.2, 0.25) is 0 Å². The van der Waals surface area contributed by atoms with Gasteiger partial charge in [-0.3, -0.25) is 4.79 Å². The van der Waals surface area contributed by atoms with E-state index in [0.29, 0.717) is 5.69 Å². The van der Waals surface area contributed by atoms with Crippen molar-refractivity contribution >= 4 is 33.4 Å². The first-order chi connectivity index (χ1) is 6.82. The van der Waals surface area contributed by atoms with Gasteiger partial charge in [0, 0.05) is 19.0 Å². The molecule has 0 saturated heterocycles. The molecule has 0 aliphatic rings. The number of nitrogens with zero attached hydrogens (tertiary/aromatic N) is 1. The van der Waals surface area contributed by atoms with E-state index in [4.69, 9.17) is 0 Å². The van der Waals surface area contributed by atoms with Crippen LogP contribution in [-0.2, 0) is 9.84 Å². The SMILES string of the molecule is CN(C(=O)S)c1ccc(S(C)(=O)=O)cc1. The molecule has 0 radical (unpaired) electrons. The number of anilines is 1. The van der Waals surface area contributed by atoms with Crippen molar-refractivity contribution in [2.45, 2.75) is 4.90 Å². The molecule has 1 aromatic rings. The van der Waals surface area contributed by atoms with Crippen LogP contribution in [0.5, 0.6) is 0 Å². The molecule has 1 rings (SSSR count). The summed E-state index contributed by atoms with van der Waals surface area (Å²) in [4.78, 5) is 12.4. The second kappa shape index (κ2) is 4.24. The zero-order valence-electron chi connectivity index (χ0n) is 8.34. The summed E-state index contributed by atoms with van der Waals surface area (Å²) in [6, 6.07) is 6.03. The van der Waals surface area contributed by atoms with Gasteiger partial charge in [-0.15, -0.1) is 0 Å². The smallest absolute Gasteiger partial charge is 0.282 e. The van der Waals surface area contributed by atoms with Gasteiger partial charge in [0.1, 0.15) is 0 Å². The van der Waals surface area contributed by atoms with Crippen molar-refractivity contribution in [1.29, 1.82) is 0 Å². The number of sulfone groups is 1. The normalized spacial score (nSPS) is 11.1. The number of carbonyl (C=O) groups is 1. The lowest BCUT2D eigenvalue weighted by molar-refractivity contribution is 0.266. The quantitative estimate of drug-likeness (QED) is 0.805. The lowest BCUT2D eigenvalue weighted by Crippen LogP contribution is -2.19. The van der Waals surface area contributed by atoms with Crippen molar-refractivity contribution in [2.24, 2.45) is 0 Å². The van der Waals surface area contributed by atoms with Crippen LogP contribution in [0.3, 0.4) is 0 Å². The molecule has 4 nitrogen and oxygen atoms in total. The molecule has 82 valence electrons. The Morgan fingerprint density at radius 3 is 2.07 bits per heavy atom.